The number of halogens is 1. The molecule has 7 heteroatoms. The Labute approximate surface area is 114 Å². The van der Waals surface area contributed by atoms with E-state index < -0.39 is 0 Å². The Bertz CT molecular complexity index is 603. The normalized spacial score (nSPS) is 18.0. The van der Waals surface area contributed by atoms with Crippen molar-refractivity contribution in [1.82, 2.24) is 0 Å². The molecule has 96 valence electrons. The lowest BCUT2D eigenvalue weighted by atomic mass is 10.1. The van der Waals surface area contributed by atoms with Gasteiger partial charge in [-0.1, -0.05) is 22.8 Å². The molecular weight excluding hydrogens is 266 g/mol. The SMILES string of the molecule is N#Cc1c(Cl)cccc1N1CC(CN=[N+]=[N-])CC1=O. The third-order valence-corrected chi connectivity index (χ3v) is 3.32. The van der Waals surface area contributed by atoms with E-state index in [0.717, 1.165) is 0 Å². The first kappa shape index (κ1) is 13.2. The molecule has 1 heterocycles. The molecular formula is C12H10ClN5O. The fourth-order valence-electron chi connectivity index (χ4n) is 2.14. The summed E-state index contributed by atoms with van der Waals surface area (Å²) < 4.78 is 0. The van der Waals surface area contributed by atoms with Crippen molar-refractivity contribution < 1.29 is 4.79 Å². The van der Waals surface area contributed by atoms with E-state index in [-0.39, 0.29) is 18.4 Å². The van der Waals surface area contributed by atoms with E-state index in [2.05, 4.69) is 10.0 Å². The number of hydrogen-bond acceptors (Lipinski definition) is 3. The highest BCUT2D eigenvalue weighted by atomic mass is 35.5. The van der Waals surface area contributed by atoms with Crippen LogP contribution in [0.2, 0.25) is 5.02 Å². The Kier molecular flexibility index (Phi) is 3.91. The third kappa shape index (κ3) is 2.63. The van der Waals surface area contributed by atoms with Crippen LogP contribution in [0.5, 0.6) is 0 Å². The molecule has 19 heavy (non-hydrogen) atoms. The summed E-state index contributed by atoms with van der Waals surface area (Å²) in [7, 11) is 0. The largest absolute Gasteiger partial charge is 0.311 e. The van der Waals surface area contributed by atoms with E-state index >= 15 is 0 Å². The number of azide groups is 1. The van der Waals surface area contributed by atoms with Gasteiger partial charge in [0.05, 0.1) is 16.3 Å². The van der Waals surface area contributed by atoms with E-state index in [1.54, 1.807) is 18.2 Å². The monoisotopic (exact) mass is 275 g/mol. The fraction of sp³-hybridized carbons (Fsp3) is 0.333. The highest BCUT2D eigenvalue weighted by Gasteiger charge is 2.31. The molecule has 6 nitrogen and oxygen atoms in total. The van der Waals surface area contributed by atoms with E-state index in [1.165, 1.54) is 4.90 Å². The highest BCUT2D eigenvalue weighted by Crippen LogP contribution is 2.31. The second kappa shape index (κ2) is 5.61. The molecule has 0 radical (unpaired) electrons. The van der Waals surface area contributed by atoms with Crippen LogP contribution in [-0.4, -0.2) is 19.0 Å². The number of hydrogen-bond donors (Lipinski definition) is 0. The zero-order chi connectivity index (χ0) is 13.8. The minimum absolute atomic E-state index is 0.0195. The first-order valence-corrected chi connectivity index (χ1v) is 6.05. The van der Waals surface area contributed by atoms with Crippen LogP contribution >= 0.6 is 11.6 Å². The molecule has 1 saturated heterocycles. The van der Waals surface area contributed by atoms with Crippen molar-refractivity contribution in [2.45, 2.75) is 6.42 Å². The quantitative estimate of drug-likeness (QED) is 0.482. The van der Waals surface area contributed by atoms with Gasteiger partial charge in [-0.2, -0.15) is 5.26 Å². The Balaban J connectivity index is 2.28. The molecule has 1 fully saturated rings. The number of anilines is 1. The predicted molar refractivity (Wildman–Crippen MR) is 70.6 cm³/mol. The van der Waals surface area contributed by atoms with Gasteiger partial charge < -0.3 is 4.90 Å². The Morgan fingerprint density at radius 1 is 1.63 bits per heavy atom. The minimum atomic E-state index is -0.0862. The molecule has 1 unspecified atom stereocenters. The van der Waals surface area contributed by atoms with Crippen molar-refractivity contribution in [1.29, 1.82) is 5.26 Å². The lowest BCUT2D eigenvalue weighted by Crippen LogP contribution is -2.25. The number of carbonyl (C=O) groups is 1. The van der Waals surface area contributed by atoms with Crippen LogP contribution in [0.3, 0.4) is 0 Å². The Morgan fingerprint density at radius 3 is 3.11 bits per heavy atom. The molecule has 1 atom stereocenters. The summed E-state index contributed by atoms with van der Waals surface area (Å²) in [5.74, 6) is -0.106. The van der Waals surface area contributed by atoms with Gasteiger partial charge in [-0.15, -0.1) is 0 Å². The van der Waals surface area contributed by atoms with Crippen LogP contribution in [0.4, 0.5) is 5.69 Å². The molecule has 1 aromatic carbocycles. The average molecular weight is 276 g/mol. The maximum Gasteiger partial charge on any atom is 0.227 e. The zero-order valence-corrected chi connectivity index (χ0v) is 10.7. The summed E-state index contributed by atoms with van der Waals surface area (Å²) in [5.41, 5.74) is 9.10. The van der Waals surface area contributed by atoms with Gasteiger partial charge >= 0.3 is 0 Å². The van der Waals surface area contributed by atoms with Gasteiger partial charge in [0.1, 0.15) is 6.07 Å². The Morgan fingerprint density at radius 2 is 2.42 bits per heavy atom. The summed E-state index contributed by atoms with van der Waals surface area (Å²) in [6.45, 7) is 0.716. The molecule has 0 bridgehead atoms. The van der Waals surface area contributed by atoms with Gasteiger partial charge in [0.25, 0.3) is 0 Å². The number of nitriles is 1. The summed E-state index contributed by atoms with van der Waals surface area (Å²) in [5, 5.41) is 12.9. The Hall–Kier alpha value is -2.22. The summed E-state index contributed by atoms with van der Waals surface area (Å²) in [4.78, 5) is 16.2. The van der Waals surface area contributed by atoms with Crippen LogP contribution in [-0.2, 0) is 4.79 Å². The molecule has 1 aliphatic heterocycles. The van der Waals surface area contributed by atoms with Crippen molar-refractivity contribution in [3.63, 3.8) is 0 Å². The van der Waals surface area contributed by atoms with Gasteiger partial charge in [0.2, 0.25) is 5.91 Å². The number of amides is 1. The van der Waals surface area contributed by atoms with Crippen LogP contribution in [0, 0.1) is 17.2 Å². The maximum atomic E-state index is 12.0. The van der Waals surface area contributed by atoms with Gasteiger partial charge in [-0.3, -0.25) is 4.79 Å². The first-order valence-electron chi connectivity index (χ1n) is 5.67. The van der Waals surface area contributed by atoms with Gasteiger partial charge in [-0.25, -0.2) is 0 Å². The van der Waals surface area contributed by atoms with E-state index in [9.17, 15) is 4.79 Å². The zero-order valence-electron chi connectivity index (χ0n) is 9.95. The molecule has 0 aromatic heterocycles. The minimum Gasteiger partial charge on any atom is -0.311 e. The predicted octanol–water partition coefficient (Wildman–Crippen LogP) is 2.87. The topological polar surface area (TPSA) is 92.9 Å². The van der Waals surface area contributed by atoms with Crippen LogP contribution in [0.25, 0.3) is 10.4 Å². The van der Waals surface area contributed by atoms with Crippen LogP contribution in [0.15, 0.2) is 23.3 Å². The molecule has 0 saturated carbocycles. The van der Waals surface area contributed by atoms with E-state index in [0.29, 0.717) is 29.2 Å². The van der Waals surface area contributed by atoms with Crippen molar-refractivity contribution in [3.05, 3.63) is 39.2 Å². The second-order valence-electron chi connectivity index (χ2n) is 4.23. The van der Waals surface area contributed by atoms with Crippen molar-refractivity contribution in [2.24, 2.45) is 11.0 Å². The number of benzene rings is 1. The van der Waals surface area contributed by atoms with Crippen molar-refractivity contribution >= 4 is 23.2 Å². The molecule has 1 aromatic rings. The van der Waals surface area contributed by atoms with Crippen LogP contribution in [0.1, 0.15) is 12.0 Å². The van der Waals surface area contributed by atoms with Gasteiger partial charge in [-0.05, 0) is 23.6 Å². The maximum absolute atomic E-state index is 12.0. The lowest BCUT2D eigenvalue weighted by molar-refractivity contribution is -0.117. The number of nitrogens with zero attached hydrogens (tertiary/aromatic N) is 5. The first-order chi connectivity index (χ1) is 9.17. The molecule has 0 spiro atoms. The summed E-state index contributed by atoms with van der Waals surface area (Å²) in [6, 6.07) is 7.02. The smallest absolute Gasteiger partial charge is 0.227 e. The molecule has 1 amide bonds. The average Bonchev–Trinajstić information content (AvgIpc) is 2.77. The lowest BCUT2D eigenvalue weighted by Gasteiger charge is -2.18. The highest BCUT2D eigenvalue weighted by molar-refractivity contribution is 6.32. The third-order valence-electron chi connectivity index (χ3n) is 3.00. The number of carbonyl (C=O) groups excluding carboxylic acids is 1. The molecule has 2 rings (SSSR count). The van der Waals surface area contributed by atoms with Crippen LogP contribution < -0.4 is 4.90 Å². The summed E-state index contributed by atoms with van der Waals surface area (Å²) >= 11 is 5.95. The van der Waals surface area contributed by atoms with E-state index in [1.807, 2.05) is 6.07 Å². The van der Waals surface area contributed by atoms with Gasteiger partial charge in [0.15, 0.2) is 0 Å². The molecule has 1 aliphatic rings. The van der Waals surface area contributed by atoms with Gasteiger partial charge in [0, 0.05) is 24.4 Å². The standard InChI is InChI=1S/C12H10ClN5O/c13-10-2-1-3-11(9(10)5-14)18-7-8(4-12(18)19)6-16-17-15/h1-3,8H,4,6-7H2. The molecule has 0 N–H and O–H groups in total. The fourth-order valence-corrected chi connectivity index (χ4v) is 2.35. The molecule has 0 aliphatic carbocycles. The van der Waals surface area contributed by atoms with Crippen molar-refractivity contribution in [3.8, 4) is 6.07 Å². The summed E-state index contributed by atoms with van der Waals surface area (Å²) in [6.07, 6.45) is 0.316. The van der Waals surface area contributed by atoms with E-state index in [4.69, 9.17) is 22.4 Å². The van der Waals surface area contributed by atoms with Crippen molar-refractivity contribution in [2.75, 3.05) is 18.0 Å². The second-order valence-corrected chi connectivity index (χ2v) is 4.64. The number of rotatable bonds is 3.